The van der Waals surface area contributed by atoms with Gasteiger partial charge < -0.3 is 14.6 Å². The molecule has 1 aromatic heterocycles. The predicted molar refractivity (Wildman–Crippen MR) is 137 cm³/mol. The summed E-state index contributed by atoms with van der Waals surface area (Å²) in [6.45, 7) is 9.24. The minimum Gasteiger partial charge on any atom is -0.483 e. The number of carbonyl (C=O) groups is 2. The number of aromatic carboxylic acids is 1. The Morgan fingerprint density at radius 3 is 2.44 bits per heavy atom. The van der Waals surface area contributed by atoms with Gasteiger partial charge in [0.05, 0.1) is 11.8 Å². The van der Waals surface area contributed by atoms with Gasteiger partial charge in [0.1, 0.15) is 23.5 Å². The SMILES string of the molecule is C#C[C@@H]1CN(CC(Oc2cnc(C(=O)O)c(C)c2)c2ccc(C)c(C(F)(F)F)c2)CCN1C(=O)OC(C)(C)C. The lowest BCUT2D eigenvalue weighted by Crippen LogP contribution is -2.56. The number of halogens is 3. The number of aromatic nitrogens is 1. The molecule has 0 bridgehead atoms. The van der Waals surface area contributed by atoms with Crippen molar-refractivity contribution in [1.82, 2.24) is 14.8 Å². The van der Waals surface area contributed by atoms with E-state index >= 15 is 0 Å². The second kappa shape index (κ2) is 11.5. The summed E-state index contributed by atoms with van der Waals surface area (Å²) < 4.78 is 52.7. The van der Waals surface area contributed by atoms with Gasteiger partial charge in [0, 0.05) is 26.2 Å². The molecule has 2 aromatic rings. The first-order chi connectivity index (χ1) is 18.1. The van der Waals surface area contributed by atoms with E-state index in [0.29, 0.717) is 12.1 Å². The molecule has 39 heavy (non-hydrogen) atoms. The van der Waals surface area contributed by atoms with Gasteiger partial charge in [-0.15, -0.1) is 6.42 Å². The van der Waals surface area contributed by atoms with E-state index in [1.54, 1.807) is 33.8 Å². The van der Waals surface area contributed by atoms with Crippen molar-refractivity contribution in [2.45, 2.75) is 58.5 Å². The number of rotatable bonds is 6. The van der Waals surface area contributed by atoms with E-state index in [4.69, 9.17) is 15.9 Å². The molecule has 3 rings (SSSR count). The van der Waals surface area contributed by atoms with Crippen LogP contribution in [0, 0.1) is 26.2 Å². The topological polar surface area (TPSA) is 92.2 Å². The van der Waals surface area contributed by atoms with Crippen LogP contribution in [0.1, 0.15) is 59.6 Å². The number of carbonyl (C=O) groups excluding carboxylic acids is 1. The van der Waals surface area contributed by atoms with Gasteiger partial charge in [-0.2, -0.15) is 13.2 Å². The number of alkyl halides is 3. The minimum absolute atomic E-state index is 0.0756. The highest BCUT2D eigenvalue weighted by atomic mass is 19.4. The molecule has 1 aliphatic heterocycles. The van der Waals surface area contributed by atoms with Crippen molar-refractivity contribution < 1.29 is 37.3 Å². The molecule has 1 aromatic carbocycles. The fraction of sp³-hybridized carbons (Fsp3) is 0.464. The average molecular weight is 548 g/mol. The van der Waals surface area contributed by atoms with Crippen LogP contribution in [0.25, 0.3) is 0 Å². The van der Waals surface area contributed by atoms with Crippen molar-refractivity contribution in [3.05, 3.63) is 58.4 Å². The van der Waals surface area contributed by atoms with Crippen LogP contribution >= 0.6 is 0 Å². The third-order valence-corrected chi connectivity index (χ3v) is 6.18. The van der Waals surface area contributed by atoms with Crippen LogP contribution in [-0.4, -0.2) is 69.8 Å². The Kier molecular flexibility index (Phi) is 8.80. The molecule has 0 spiro atoms. The van der Waals surface area contributed by atoms with Crippen molar-refractivity contribution in [1.29, 1.82) is 0 Å². The molecule has 2 heterocycles. The van der Waals surface area contributed by atoms with Gasteiger partial charge >= 0.3 is 18.2 Å². The molecule has 1 amide bonds. The number of ether oxygens (including phenoxy) is 2. The summed E-state index contributed by atoms with van der Waals surface area (Å²) in [4.78, 5) is 31.3. The lowest BCUT2D eigenvalue weighted by molar-refractivity contribution is -0.138. The number of hydrogen-bond donors (Lipinski definition) is 1. The molecule has 11 heteroatoms. The van der Waals surface area contributed by atoms with Crippen molar-refractivity contribution in [2.24, 2.45) is 0 Å². The quantitative estimate of drug-likeness (QED) is 0.504. The fourth-order valence-corrected chi connectivity index (χ4v) is 4.28. The fourth-order valence-electron chi connectivity index (χ4n) is 4.28. The van der Waals surface area contributed by atoms with Crippen LogP contribution in [0.3, 0.4) is 0 Å². The molecule has 1 fully saturated rings. The minimum atomic E-state index is -4.56. The van der Waals surface area contributed by atoms with Crippen molar-refractivity contribution >= 4 is 12.1 Å². The second-order valence-corrected chi connectivity index (χ2v) is 10.4. The summed E-state index contributed by atoms with van der Waals surface area (Å²) in [7, 11) is 0. The zero-order chi connectivity index (χ0) is 29.1. The van der Waals surface area contributed by atoms with Crippen LogP contribution in [0.2, 0.25) is 0 Å². The van der Waals surface area contributed by atoms with Gasteiger partial charge in [0.25, 0.3) is 0 Å². The van der Waals surface area contributed by atoms with Gasteiger partial charge in [-0.05, 0) is 63.4 Å². The van der Waals surface area contributed by atoms with E-state index < -0.39 is 41.5 Å². The predicted octanol–water partition coefficient (Wildman–Crippen LogP) is 5.09. The first-order valence-electron chi connectivity index (χ1n) is 12.3. The molecular formula is C28H32F3N3O5. The normalized spacial score (nSPS) is 17.3. The lowest BCUT2D eigenvalue weighted by atomic mass is 10.00. The maximum Gasteiger partial charge on any atom is 0.416 e. The first-order valence-corrected chi connectivity index (χ1v) is 12.3. The smallest absolute Gasteiger partial charge is 0.416 e. The van der Waals surface area contributed by atoms with Crippen LogP contribution in [-0.2, 0) is 10.9 Å². The summed E-state index contributed by atoms with van der Waals surface area (Å²) >= 11 is 0. The largest absolute Gasteiger partial charge is 0.483 e. The summed E-state index contributed by atoms with van der Waals surface area (Å²) in [6, 6.07) is 4.87. The molecule has 1 N–H and O–H groups in total. The van der Waals surface area contributed by atoms with Gasteiger partial charge in [-0.3, -0.25) is 9.80 Å². The number of amides is 1. The zero-order valence-electron chi connectivity index (χ0n) is 22.5. The van der Waals surface area contributed by atoms with Gasteiger partial charge in [-0.1, -0.05) is 18.1 Å². The Hall–Kier alpha value is -3.78. The van der Waals surface area contributed by atoms with Crippen LogP contribution < -0.4 is 4.74 Å². The standard InChI is InChI=1S/C28H32F3N3O5/c1-7-20-15-33(10-11-34(20)26(37)39-27(4,5)6)16-23(19-9-8-17(2)22(13-19)28(29,30)31)38-21-12-18(3)24(25(35)36)32-14-21/h1,8-9,12-14,20,23H,10-11,15-16H2,2-6H3,(H,35,36)/t20-,23?/m1/s1. The summed E-state index contributed by atoms with van der Waals surface area (Å²) in [5.74, 6) is 1.61. The number of piperazine rings is 1. The second-order valence-electron chi connectivity index (χ2n) is 10.4. The van der Waals surface area contributed by atoms with E-state index in [2.05, 4.69) is 10.9 Å². The lowest BCUT2D eigenvalue weighted by Gasteiger charge is -2.40. The number of hydrogen-bond acceptors (Lipinski definition) is 6. The Labute approximate surface area is 225 Å². The van der Waals surface area contributed by atoms with Crippen molar-refractivity contribution in [3.8, 4) is 18.1 Å². The number of pyridine rings is 1. The van der Waals surface area contributed by atoms with Gasteiger partial charge in [0.15, 0.2) is 5.69 Å². The zero-order valence-corrected chi connectivity index (χ0v) is 22.5. The Bertz CT molecular complexity index is 1270. The number of carboxylic acid groups (broad SMARTS) is 1. The van der Waals surface area contributed by atoms with Crippen LogP contribution in [0.15, 0.2) is 30.5 Å². The molecule has 210 valence electrons. The van der Waals surface area contributed by atoms with E-state index in [1.165, 1.54) is 30.2 Å². The third kappa shape index (κ3) is 7.63. The van der Waals surface area contributed by atoms with E-state index in [0.717, 1.165) is 6.07 Å². The number of aryl methyl sites for hydroxylation is 2. The number of nitrogens with zero attached hydrogens (tertiary/aromatic N) is 3. The maximum atomic E-state index is 13.7. The monoisotopic (exact) mass is 547 g/mol. The van der Waals surface area contributed by atoms with Gasteiger partial charge in [0.2, 0.25) is 0 Å². The average Bonchev–Trinajstić information content (AvgIpc) is 2.81. The highest BCUT2D eigenvalue weighted by Crippen LogP contribution is 2.35. The van der Waals surface area contributed by atoms with Crippen LogP contribution in [0.4, 0.5) is 18.0 Å². The summed E-state index contributed by atoms with van der Waals surface area (Å²) in [6.07, 6.45) is 0.982. The maximum absolute atomic E-state index is 13.7. The molecule has 0 aliphatic carbocycles. The Balaban J connectivity index is 1.90. The van der Waals surface area contributed by atoms with Gasteiger partial charge in [-0.25, -0.2) is 14.6 Å². The number of benzene rings is 1. The van der Waals surface area contributed by atoms with E-state index in [1.807, 2.05) is 4.90 Å². The molecular weight excluding hydrogens is 515 g/mol. The van der Waals surface area contributed by atoms with E-state index in [9.17, 15) is 27.9 Å². The molecule has 0 saturated carbocycles. The first kappa shape index (κ1) is 29.8. The Morgan fingerprint density at radius 2 is 1.87 bits per heavy atom. The number of carboxylic acids is 1. The van der Waals surface area contributed by atoms with Crippen LogP contribution in [0.5, 0.6) is 5.75 Å². The molecule has 2 atom stereocenters. The van der Waals surface area contributed by atoms with E-state index in [-0.39, 0.29) is 42.2 Å². The van der Waals surface area contributed by atoms with Crippen molar-refractivity contribution in [2.75, 3.05) is 26.2 Å². The molecule has 1 unspecified atom stereocenters. The Morgan fingerprint density at radius 1 is 1.18 bits per heavy atom. The molecule has 8 nitrogen and oxygen atoms in total. The number of terminal acetylenes is 1. The summed E-state index contributed by atoms with van der Waals surface area (Å²) in [5.41, 5.74) is -0.927. The molecule has 1 saturated heterocycles. The highest BCUT2D eigenvalue weighted by molar-refractivity contribution is 5.87. The summed E-state index contributed by atoms with van der Waals surface area (Å²) in [5, 5.41) is 9.27. The third-order valence-electron chi connectivity index (χ3n) is 6.18. The molecule has 0 radical (unpaired) electrons. The molecule has 1 aliphatic rings. The van der Waals surface area contributed by atoms with Crippen molar-refractivity contribution in [3.63, 3.8) is 0 Å². The highest BCUT2D eigenvalue weighted by Gasteiger charge is 2.36.